The van der Waals surface area contributed by atoms with Crippen molar-refractivity contribution < 1.29 is 9.47 Å². The molecule has 16 heavy (non-hydrogen) atoms. The van der Waals surface area contributed by atoms with Gasteiger partial charge in [0.2, 0.25) is 0 Å². The van der Waals surface area contributed by atoms with E-state index in [-0.39, 0.29) is 0 Å². The lowest BCUT2D eigenvalue weighted by Crippen LogP contribution is -2.00. The highest BCUT2D eigenvalue weighted by Crippen LogP contribution is 2.28. The van der Waals surface area contributed by atoms with Gasteiger partial charge in [-0.05, 0) is 31.0 Å². The molecule has 1 radical (unpaired) electrons. The highest BCUT2D eigenvalue weighted by atomic mass is 16.5. The van der Waals surface area contributed by atoms with Gasteiger partial charge in [-0.3, -0.25) is 0 Å². The van der Waals surface area contributed by atoms with Crippen LogP contribution in [0.25, 0.3) is 0 Å². The van der Waals surface area contributed by atoms with Crippen molar-refractivity contribution in [1.82, 2.24) is 0 Å². The Morgan fingerprint density at radius 1 is 1.00 bits per heavy atom. The molecule has 0 aliphatic heterocycles. The number of hydrogen-bond donors (Lipinski definition) is 0. The molecular formula is C14H17O2. The van der Waals surface area contributed by atoms with Gasteiger partial charge in [-0.2, -0.15) is 0 Å². The zero-order chi connectivity index (χ0) is 11.8. The summed E-state index contributed by atoms with van der Waals surface area (Å²) in [6, 6.07) is 5.81. The van der Waals surface area contributed by atoms with E-state index in [1.54, 1.807) is 12.2 Å². The van der Waals surface area contributed by atoms with E-state index < -0.39 is 0 Å². The average Bonchev–Trinajstić information content (AvgIpc) is 2.34. The molecule has 2 nitrogen and oxygen atoms in total. The molecule has 0 fully saturated rings. The topological polar surface area (TPSA) is 18.5 Å². The van der Waals surface area contributed by atoms with Crippen molar-refractivity contribution in [1.29, 1.82) is 0 Å². The van der Waals surface area contributed by atoms with Crippen LogP contribution in [0.4, 0.5) is 0 Å². The summed E-state index contributed by atoms with van der Waals surface area (Å²) in [5.74, 6) is 1.45. The number of benzene rings is 1. The Bertz CT molecular complexity index is 356. The number of hydrogen-bond acceptors (Lipinski definition) is 2. The second kappa shape index (κ2) is 6.72. The minimum absolute atomic E-state index is 0.463. The molecule has 0 saturated heterocycles. The van der Waals surface area contributed by atoms with E-state index in [1.807, 2.05) is 18.2 Å². The molecule has 0 atom stereocenters. The molecular weight excluding hydrogens is 200 g/mol. The average molecular weight is 217 g/mol. The molecule has 0 spiro atoms. The van der Waals surface area contributed by atoms with E-state index in [4.69, 9.17) is 9.47 Å². The molecule has 0 saturated carbocycles. The predicted molar refractivity (Wildman–Crippen MR) is 66.9 cm³/mol. The zero-order valence-electron chi connectivity index (χ0n) is 9.45. The molecule has 0 unspecified atom stereocenters. The second-order valence-electron chi connectivity index (χ2n) is 3.23. The molecule has 1 aromatic carbocycles. The van der Waals surface area contributed by atoms with E-state index in [2.05, 4.69) is 20.1 Å². The van der Waals surface area contributed by atoms with Crippen molar-refractivity contribution in [3.8, 4) is 11.5 Å². The SMILES string of the molecule is [CH2]Cc1ccc(OCC=C)c(OCC=C)c1. The highest BCUT2D eigenvalue weighted by Gasteiger charge is 2.05. The van der Waals surface area contributed by atoms with Crippen LogP contribution >= 0.6 is 0 Å². The minimum atomic E-state index is 0.463. The van der Waals surface area contributed by atoms with Crippen LogP contribution in [-0.2, 0) is 6.42 Å². The molecule has 0 heterocycles. The molecule has 0 aliphatic carbocycles. The molecule has 0 N–H and O–H groups in total. The maximum absolute atomic E-state index is 5.52. The maximum atomic E-state index is 5.52. The van der Waals surface area contributed by atoms with Crippen LogP contribution in [0.1, 0.15) is 5.56 Å². The lowest BCUT2D eigenvalue weighted by atomic mass is 10.1. The summed E-state index contributed by atoms with van der Waals surface area (Å²) in [4.78, 5) is 0. The van der Waals surface area contributed by atoms with Gasteiger partial charge in [-0.25, -0.2) is 0 Å². The summed E-state index contributed by atoms with van der Waals surface area (Å²) in [5.41, 5.74) is 1.12. The normalized spacial score (nSPS) is 9.56. The Labute approximate surface area is 97.2 Å². The fraction of sp³-hybridized carbons (Fsp3) is 0.214. The molecule has 1 aromatic rings. The molecule has 0 aromatic heterocycles. The summed E-state index contributed by atoms with van der Waals surface area (Å²) in [5, 5.41) is 0. The zero-order valence-corrected chi connectivity index (χ0v) is 9.45. The number of rotatable bonds is 7. The Morgan fingerprint density at radius 2 is 1.62 bits per heavy atom. The van der Waals surface area contributed by atoms with E-state index in [1.165, 1.54) is 0 Å². The van der Waals surface area contributed by atoms with E-state index in [9.17, 15) is 0 Å². The lowest BCUT2D eigenvalue weighted by molar-refractivity contribution is 0.308. The van der Waals surface area contributed by atoms with Gasteiger partial charge in [0.05, 0.1) is 0 Å². The van der Waals surface area contributed by atoms with Crippen molar-refractivity contribution >= 4 is 0 Å². The van der Waals surface area contributed by atoms with Crippen molar-refractivity contribution in [2.75, 3.05) is 13.2 Å². The predicted octanol–water partition coefficient (Wildman–Crippen LogP) is 3.19. The summed E-state index contributed by atoms with van der Waals surface area (Å²) >= 11 is 0. The van der Waals surface area contributed by atoms with Gasteiger partial charge >= 0.3 is 0 Å². The first-order valence-corrected chi connectivity index (χ1v) is 5.21. The monoisotopic (exact) mass is 217 g/mol. The van der Waals surface area contributed by atoms with Gasteiger partial charge in [0.15, 0.2) is 11.5 Å². The van der Waals surface area contributed by atoms with Crippen molar-refractivity contribution in [2.24, 2.45) is 0 Å². The Morgan fingerprint density at radius 3 is 2.19 bits per heavy atom. The fourth-order valence-electron chi connectivity index (χ4n) is 1.24. The van der Waals surface area contributed by atoms with Gasteiger partial charge in [0.25, 0.3) is 0 Å². The summed E-state index contributed by atoms with van der Waals surface area (Å²) in [7, 11) is 0. The molecule has 0 aliphatic rings. The fourth-order valence-corrected chi connectivity index (χ4v) is 1.24. The largest absolute Gasteiger partial charge is 0.486 e. The standard InChI is InChI=1S/C14H17O2/c1-4-9-15-13-8-7-12(6-3)11-14(13)16-10-5-2/h4-5,7-8,11H,1-3,6,9-10H2. The Balaban J connectivity index is 2.86. The summed E-state index contributed by atoms with van der Waals surface area (Å²) in [6.07, 6.45) is 4.13. The highest BCUT2D eigenvalue weighted by molar-refractivity contribution is 5.43. The van der Waals surface area contributed by atoms with Crippen molar-refractivity contribution in [2.45, 2.75) is 6.42 Å². The minimum Gasteiger partial charge on any atom is -0.486 e. The number of ether oxygens (including phenoxy) is 2. The van der Waals surface area contributed by atoms with Crippen LogP contribution in [0.15, 0.2) is 43.5 Å². The maximum Gasteiger partial charge on any atom is 0.161 e. The van der Waals surface area contributed by atoms with Gasteiger partial charge < -0.3 is 9.47 Å². The van der Waals surface area contributed by atoms with Crippen molar-refractivity contribution in [3.63, 3.8) is 0 Å². The van der Waals surface area contributed by atoms with Gasteiger partial charge in [-0.15, -0.1) is 0 Å². The first-order valence-electron chi connectivity index (χ1n) is 5.21. The van der Waals surface area contributed by atoms with Gasteiger partial charge in [0, 0.05) is 0 Å². The third-order valence-electron chi connectivity index (χ3n) is 2.01. The molecule has 0 bridgehead atoms. The second-order valence-corrected chi connectivity index (χ2v) is 3.23. The van der Waals surface area contributed by atoms with E-state index in [0.29, 0.717) is 13.2 Å². The van der Waals surface area contributed by atoms with Crippen LogP contribution in [0.5, 0.6) is 11.5 Å². The molecule has 85 valence electrons. The van der Waals surface area contributed by atoms with Crippen LogP contribution in [0, 0.1) is 6.92 Å². The summed E-state index contributed by atoms with van der Waals surface area (Å²) in [6.45, 7) is 12.0. The van der Waals surface area contributed by atoms with Crippen LogP contribution in [0.3, 0.4) is 0 Å². The van der Waals surface area contributed by atoms with Crippen LogP contribution < -0.4 is 9.47 Å². The van der Waals surface area contributed by atoms with E-state index >= 15 is 0 Å². The molecule has 2 heteroatoms. The third-order valence-corrected chi connectivity index (χ3v) is 2.01. The van der Waals surface area contributed by atoms with Crippen LogP contribution in [0.2, 0.25) is 0 Å². The van der Waals surface area contributed by atoms with Gasteiger partial charge in [0.1, 0.15) is 13.2 Å². The third kappa shape index (κ3) is 3.46. The quantitative estimate of drug-likeness (QED) is 0.653. The Kier molecular flexibility index (Phi) is 5.20. The first kappa shape index (κ1) is 12.4. The van der Waals surface area contributed by atoms with Gasteiger partial charge in [-0.1, -0.05) is 31.4 Å². The lowest BCUT2D eigenvalue weighted by Gasteiger charge is -2.11. The summed E-state index contributed by atoms with van der Waals surface area (Å²) < 4.78 is 11.0. The smallest absolute Gasteiger partial charge is 0.161 e. The Hall–Kier alpha value is -1.70. The van der Waals surface area contributed by atoms with E-state index in [0.717, 1.165) is 23.5 Å². The first-order chi connectivity index (χ1) is 7.81. The molecule has 0 amide bonds. The van der Waals surface area contributed by atoms with Crippen molar-refractivity contribution in [3.05, 3.63) is 56.0 Å². The molecule has 1 rings (SSSR count). The van der Waals surface area contributed by atoms with Crippen LogP contribution in [-0.4, -0.2) is 13.2 Å².